The Morgan fingerprint density at radius 3 is 2.36 bits per heavy atom. The number of carbonyl (C=O) groups is 1. The van der Waals surface area contributed by atoms with Gasteiger partial charge in [-0.1, -0.05) is 18.2 Å². The van der Waals surface area contributed by atoms with Crippen molar-refractivity contribution in [2.45, 2.75) is 38.1 Å². The van der Waals surface area contributed by atoms with Crippen LogP contribution in [0.4, 0.5) is 5.69 Å². The van der Waals surface area contributed by atoms with E-state index < -0.39 is 10.0 Å². The number of nitrogens with zero attached hydrogens (tertiary/aromatic N) is 1. The fraction of sp³-hybridized carbons (Fsp3) is 0.316. The van der Waals surface area contributed by atoms with E-state index in [4.69, 9.17) is 0 Å². The predicted molar refractivity (Wildman–Crippen MR) is 99.4 cm³/mol. The van der Waals surface area contributed by atoms with Crippen molar-refractivity contribution in [1.29, 1.82) is 0 Å². The van der Waals surface area contributed by atoms with Crippen LogP contribution in [0.25, 0.3) is 11.1 Å². The molecule has 1 N–H and O–H groups in total. The third kappa shape index (κ3) is 2.91. The zero-order chi connectivity index (χ0) is 18.6. The van der Waals surface area contributed by atoms with E-state index in [1.807, 2.05) is 27.7 Å². The lowest BCUT2D eigenvalue weighted by atomic mass is 9.96. The zero-order valence-corrected chi connectivity index (χ0v) is 15.9. The van der Waals surface area contributed by atoms with Gasteiger partial charge >= 0.3 is 0 Å². The van der Waals surface area contributed by atoms with Crippen LogP contribution in [0.2, 0.25) is 0 Å². The summed E-state index contributed by atoms with van der Waals surface area (Å²) < 4.78 is 26.8. The maximum absolute atomic E-state index is 12.8. The zero-order valence-electron chi connectivity index (χ0n) is 15.0. The summed E-state index contributed by atoms with van der Waals surface area (Å²) in [5.41, 5.74) is 2.92. The molecule has 132 valence electrons. The fourth-order valence-corrected chi connectivity index (χ4v) is 4.61. The molecule has 0 aromatic heterocycles. The van der Waals surface area contributed by atoms with Gasteiger partial charge < -0.3 is 5.32 Å². The molecule has 2 aromatic rings. The van der Waals surface area contributed by atoms with Gasteiger partial charge in [-0.15, -0.1) is 0 Å². The van der Waals surface area contributed by atoms with Crippen molar-refractivity contribution in [3.63, 3.8) is 0 Å². The summed E-state index contributed by atoms with van der Waals surface area (Å²) in [6, 6.07) is 10.4. The quantitative estimate of drug-likeness (QED) is 0.850. The highest BCUT2D eigenvalue weighted by Gasteiger charge is 2.34. The molecule has 2 aromatic carbocycles. The van der Waals surface area contributed by atoms with Crippen LogP contribution in [-0.4, -0.2) is 26.9 Å². The summed E-state index contributed by atoms with van der Waals surface area (Å²) in [7, 11) is -2.04. The van der Waals surface area contributed by atoms with Crippen molar-refractivity contribution in [3.05, 3.63) is 47.5 Å². The van der Waals surface area contributed by atoms with E-state index in [2.05, 4.69) is 5.32 Å². The number of hydrogen-bond acceptors (Lipinski definition) is 3. The standard InChI is InChI=1S/C19H22N2O3S/c1-12-10-13(18(22)20-19(2,3)4)11-15-14-8-6-7-9-16(14)25(23,24)21(5)17(12)15/h6-11H,1-5H3,(H,20,22). The van der Waals surface area contributed by atoms with Gasteiger partial charge in [-0.3, -0.25) is 9.10 Å². The van der Waals surface area contributed by atoms with E-state index in [-0.39, 0.29) is 16.3 Å². The predicted octanol–water partition coefficient (Wildman–Crippen LogP) is 3.33. The first-order valence-electron chi connectivity index (χ1n) is 8.08. The Hall–Kier alpha value is -2.34. The minimum Gasteiger partial charge on any atom is -0.347 e. The Morgan fingerprint density at radius 1 is 1.08 bits per heavy atom. The maximum atomic E-state index is 12.8. The Morgan fingerprint density at radius 2 is 1.72 bits per heavy atom. The van der Waals surface area contributed by atoms with E-state index in [1.54, 1.807) is 43.4 Å². The molecule has 25 heavy (non-hydrogen) atoms. The van der Waals surface area contributed by atoms with Crippen molar-refractivity contribution in [2.75, 3.05) is 11.4 Å². The summed E-state index contributed by atoms with van der Waals surface area (Å²) in [6.45, 7) is 7.59. The number of nitrogens with one attached hydrogen (secondary N) is 1. The molecular weight excluding hydrogens is 336 g/mol. The van der Waals surface area contributed by atoms with Crippen LogP contribution in [0.1, 0.15) is 36.7 Å². The lowest BCUT2D eigenvalue weighted by Gasteiger charge is -2.31. The molecule has 0 radical (unpaired) electrons. The number of amides is 1. The van der Waals surface area contributed by atoms with Crippen molar-refractivity contribution in [1.82, 2.24) is 5.32 Å². The number of sulfonamides is 1. The number of aryl methyl sites for hydroxylation is 1. The van der Waals surface area contributed by atoms with E-state index in [0.29, 0.717) is 16.8 Å². The highest BCUT2D eigenvalue weighted by molar-refractivity contribution is 7.93. The molecule has 0 unspecified atom stereocenters. The summed E-state index contributed by atoms with van der Waals surface area (Å²) in [5.74, 6) is -0.174. The normalized spacial score (nSPS) is 15.3. The van der Waals surface area contributed by atoms with Gasteiger partial charge in [-0.25, -0.2) is 8.42 Å². The molecule has 0 aliphatic carbocycles. The van der Waals surface area contributed by atoms with Gasteiger partial charge in [0.1, 0.15) is 0 Å². The van der Waals surface area contributed by atoms with Crippen LogP contribution in [0.5, 0.6) is 0 Å². The molecule has 3 rings (SSSR count). The number of fused-ring (bicyclic) bond motifs is 3. The van der Waals surface area contributed by atoms with E-state index in [9.17, 15) is 13.2 Å². The topological polar surface area (TPSA) is 66.5 Å². The van der Waals surface area contributed by atoms with Gasteiger partial charge in [-0.05, 0) is 51.5 Å². The number of carbonyl (C=O) groups excluding carboxylic acids is 1. The largest absolute Gasteiger partial charge is 0.347 e. The van der Waals surface area contributed by atoms with E-state index >= 15 is 0 Å². The van der Waals surface area contributed by atoms with Crippen LogP contribution in [0, 0.1) is 6.92 Å². The molecule has 1 aliphatic heterocycles. The maximum Gasteiger partial charge on any atom is 0.264 e. The molecule has 0 saturated carbocycles. The number of hydrogen-bond donors (Lipinski definition) is 1. The Balaban J connectivity index is 2.24. The third-order valence-corrected chi connectivity index (χ3v) is 6.00. The third-order valence-electron chi connectivity index (χ3n) is 4.18. The lowest BCUT2D eigenvalue weighted by Crippen LogP contribution is -2.40. The number of rotatable bonds is 1. The van der Waals surface area contributed by atoms with Gasteiger partial charge in [0.25, 0.3) is 15.9 Å². The van der Waals surface area contributed by atoms with Crippen molar-refractivity contribution < 1.29 is 13.2 Å². The first-order chi connectivity index (χ1) is 11.5. The summed E-state index contributed by atoms with van der Waals surface area (Å²) >= 11 is 0. The van der Waals surface area contributed by atoms with Gasteiger partial charge in [0, 0.05) is 29.3 Å². The average Bonchev–Trinajstić information content (AvgIpc) is 2.50. The molecule has 1 aliphatic rings. The molecular formula is C19H22N2O3S. The number of benzene rings is 2. The second-order valence-corrected chi connectivity index (χ2v) is 9.30. The molecule has 0 spiro atoms. The molecule has 6 heteroatoms. The molecule has 0 bridgehead atoms. The second kappa shape index (κ2) is 5.59. The summed E-state index contributed by atoms with van der Waals surface area (Å²) in [4.78, 5) is 12.8. The minimum atomic E-state index is -3.59. The van der Waals surface area contributed by atoms with Crippen LogP contribution in [0.15, 0.2) is 41.3 Å². The van der Waals surface area contributed by atoms with Crippen LogP contribution in [-0.2, 0) is 10.0 Å². The fourth-order valence-electron chi connectivity index (χ4n) is 3.13. The van der Waals surface area contributed by atoms with Crippen molar-refractivity contribution >= 4 is 21.6 Å². The molecule has 1 amide bonds. The smallest absolute Gasteiger partial charge is 0.264 e. The first kappa shape index (κ1) is 17.5. The Kier molecular flexibility index (Phi) is 3.91. The van der Waals surface area contributed by atoms with Crippen molar-refractivity contribution in [3.8, 4) is 11.1 Å². The van der Waals surface area contributed by atoms with Crippen LogP contribution < -0.4 is 9.62 Å². The Labute approximate surface area is 148 Å². The summed E-state index contributed by atoms with van der Waals surface area (Å²) in [6.07, 6.45) is 0. The van der Waals surface area contributed by atoms with Gasteiger partial charge in [0.2, 0.25) is 0 Å². The minimum absolute atomic E-state index is 0.174. The highest BCUT2D eigenvalue weighted by Crippen LogP contribution is 2.44. The molecule has 1 heterocycles. The molecule has 0 atom stereocenters. The second-order valence-electron chi connectivity index (χ2n) is 7.36. The van der Waals surface area contributed by atoms with Gasteiger partial charge in [0.05, 0.1) is 10.6 Å². The molecule has 5 nitrogen and oxygen atoms in total. The monoisotopic (exact) mass is 358 g/mol. The van der Waals surface area contributed by atoms with Crippen LogP contribution in [0.3, 0.4) is 0 Å². The molecule has 0 saturated heterocycles. The van der Waals surface area contributed by atoms with Gasteiger partial charge in [0.15, 0.2) is 0 Å². The van der Waals surface area contributed by atoms with E-state index in [0.717, 1.165) is 11.1 Å². The number of anilines is 1. The van der Waals surface area contributed by atoms with Crippen molar-refractivity contribution in [2.24, 2.45) is 0 Å². The SMILES string of the molecule is Cc1cc(C(=O)NC(C)(C)C)cc2c1N(C)S(=O)(=O)c1ccccc1-2. The van der Waals surface area contributed by atoms with E-state index in [1.165, 1.54) is 4.31 Å². The van der Waals surface area contributed by atoms with Gasteiger partial charge in [-0.2, -0.15) is 0 Å². The Bertz CT molecular complexity index is 973. The molecule has 0 fully saturated rings. The summed E-state index contributed by atoms with van der Waals surface area (Å²) in [5, 5.41) is 2.95. The average molecular weight is 358 g/mol. The van der Waals surface area contributed by atoms with Crippen LogP contribution >= 0.6 is 0 Å². The highest BCUT2D eigenvalue weighted by atomic mass is 32.2. The lowest BCUT2D eigenvalue weighted by molar-refractivity contribution is 0.0919. The first-order valence-corrected chi connectivity index (χ1v) is 9.52.